The molecule has 0 unspecified atom stereocenters. The third-order valence-electron chi connectivity index (χ3n) is 6.31. The van der Waals surface area contributed by atoms with Crippen molar-refractivity contribution in [1.29, 1.82) is 0 Å². The summed E-state index contributed by atoms with van der Waals surface area (Å²) in [5, 5.41) is 28.8. The zero-order chi connectivity index (χ0) is 24.7. The number of nitrogens with one attached hydrogen (secondary N) is 1. The smallest absolute Gasteiger partial charge is 0.260 e. The van der Waals surface area contributed by atoms with E-state index in [1.807, 2.05) is 62.4 Å². The Hall–Kier alpha value is -4.46. The molecule has 1 amide bonds. The first-order valence-electron chi connectivity index (χ1n) is 11.3. The summed E-state index contributed by atoms with van der Waals surface area (Å²) in [5.74, 6) is -0.0997. The number of carbonyl (C=O) groups is 1. The van der Waals surface area contributed by atoms with E-state index in [4.69, 9.17) is 4.74 Å². The molecule has 35 heavy (non-hydrogen) atoms. The predicted octanol–water partition coefficient (Wildman–Crippen LogP) is 4.81. The highest BCUT2D eigenvalue weighted by Gasteiger charge is 2.29. The minimum atomic E-state index is -0.325. The Bertz CT molecular complexity index is 1420. The van der Waals surface area contributed by atoms with Crippen molar-refractivity contribution in [3.8, 4) is 22.9 Å². The van der Waals surface area contributed by atoms with Crippen LogP contribution in [0.1, 0.15) is 32.9 Å². The highest BCUT2D eigenvalue weighted by atomic mass is 16.5. The van der Waals surface area contributed by atoms with Crippen LogP contribution in [0.15, 0.2) is 60.7 Å². The van der Waals surface area contributed by atoms with Gasteiger partial charge in [-0.05, 0) is 37.1 Å². The molecule has 8 nitrogen and oxygen atoms in total. The van der Waals surface area contributed by atoms with Gasteiger partial charge in [-0.2, -0.15) is 5.10 Å². The molecule has 1 aliphatic heterocycles. The van der Waals surface area contributed by atoms with Gasteiger partial charge in [0.2, 0.25) is 0 Å². The first-order chi connectivity index (χ1) is 16.9. The lowest BCUT2D eigenvalue weighted by Gasteiger charge is -2.20. The topological polar surface area (TPSA) is 99.9 Å². The van der Waals surface area contributed by atoms with Crippen molar-refractivity contribution >= 4 is 17.3 Å². The average molecular weight is 471 g/mol. The molecule has 1 aliphatic rings. The van der Waals surface area contributed by atoms with Gasteiger partial charge in [-0.15, -0.1) is 0 Å². The second-order valence-electron chi connectivity index (χ2n) is 8.57. The number of hydrogen-bond acceptors (Lipinski definition) is 6. The second-order valence-corrected chi connectivity index (χ2v) is 8.57. The van der Waals surface area contributed by atoms with Gasteiger partial charge < -0.3 is 25.2 Å². The van der Waals surface area contributed by atoms with Crippen molar-refractivity contribution < 1.29 is 19.7 Å². The molecule has 1 aromatic heterocycles. The van der Waals surface area contributed by atoms with Gasteiger partial charge in [0.05, 0.1) is 29.9 Å². The number of aromatic hydroxyl groups is 2. The molecular weight excluding hydrogens is 444 g/mol. The monoisotopic (exact) mass is 470 g/mol. The van der Waals surface area contributed by atoms with E-state index >= 15 is 0 Å². The molecule has 178 valence electrons. The SMILES string of the molecule is COc1ccccc1-n1nc(C)c(Nc2cc(O)cc(O)c2C(=O)N2Cc3ccccc3C2)c1C. The summed E-state index contributed by atoms with van der Waals surface area (Å²) in [6.45, 7) is 4.66. The van der Waals surface area contributed by atoms with Crippen LogP contribution in [0.25, 0.3) is 5.69 Å². The van der Waals surface area contributed by atoms with Crippen molar-refractivity contribution in [1.82, 2.24) is 14.7 Å². The third kappa shape index (κ3) is 3.93. The molecule has 0 atom stereocenters. The maximum absolute atomic E-state index is 13.5. The van der Waals surface area contributed by atoms with Crippen LogP contribution in [0, 0.1) is 13.8 Å². The van der Waals surface area contributed by atoms with Gasteiger partial charge in [-0.3, -0.25) is 4.79 Å². The van der Waals surface area contributed by atoms with Gasteiger partial charge in [-0.25, -0.2) is 4.68 Å². The molecule has 5 rings (SSSR count). The number of benzene rings is 3. The summed E-state index contributed by atoms with van der Waals surface area (Å²) in [6, 6.07) is 18.1. The number of phenols is 2. The molecule has 0 saturated carbocycles. The average Bonchev–Trinajstić information content (AvgIpc) is 3.40. The lowest BCUT2D eigenvalue weighted by Crippen LogP contribution is -2.26. The molecule has 0 saturated heterocycles. The minimum Gasteiger partial charge on any atom is -0.508 e. The van der Waals surface area contributed by atoms with E-state index < -0.39 is 0 Å². The summed E-state index contributed by atoms with van der Waals surface area (Å²) >= 11 is 0. The Morgan fingerprint density at radius 3 is 2.34 bits per heavy atom. The van der Waals surface area contributed by atoms with Gasteiger partial charge in [0.25, 0.3) is 5.91 Å². The standard InChI is InChI=1S/C27H26N4O4/c1-16-26(17(2)31(29-16)22-10-6-7-11-24(22)35-3)28-21-12-20(32)13-23(33)25(21)27(34)30-14-18-8-4-5-9-19(18)15-30/h4-13,28,32-33H,14-15H2,1-3H3. The van der Waals surface area contributed by atoms with Crippen LogP contribution >= 0.6 is 0 Å². The second kappa shape index (κ2) is 8.72. The molecule has 3 aromatic carbocycles. The first-order valence-corrected chi connectivity index (χ1v) is 11.3. The fraction of sp³-hybridized carbons (Fsp3) is 0.185. The van der Waals surface area contributed by atoms with Crippen LogP contribution in [-0.4, -0.2) is 37.9 Å². The highest BCUT2D eigenvalue weighted by Crippen LogP contribution is 2.38. The van der Waals surface area contributed by atoms with Crippen molar-refractivity contribution in [3.05, 3.63) is 88.7 Å². The number of ether oxygens (including phenoxy) is 1. The van der Waals surface area contributed by atoms with Gasteiger partial charge in [0.1, 0.15) is 28.5 Å². The quantitative estimate of drug-likeness (QED) is 0.387. The Labute approximate surface area is 203 Å². The van der Waals surface area contributed by atoms with Crippen LogP contribution in [0.5, 0.6) is 17.2 Å². The van der Waals surface area contributed by atoms with Crippen LogP contribution in [0.2, 0.25) is 0 Å². The molecule has 0 spiro atoms. The number of fused-ring (bicyclic) bond motifs is 1. The lowest BCUT2D eigenvalue weighted by atomic mass is 10.1. The Morgan fingerprint density at radius 2 is 1.66 bits per heavy atom. The molecule has 0 aliphatic carbocycles. The summed E-state index contributed by atoms with van der Waals surface area (Å²) in [6.07, 6.45) is 0. The van der Waals surface area contributed by atoms with E-state index in [0.29, 0.717) is 35.9 Å². The van der Waals surface area contributed by atoms with Crippen LogP contribution in [-0.2, 0) is 13.1 Å². The number of carbonyl (C=O) groups excluding carboxylic acids is 1. The number of hydrogen-bond donors (Lipinski definition) is 3. The number of para-hydroxylation sites is 2. The fourth-order valence-corrected chi connectivity index (χ4v) is 4.57. The van der Waals surface area contributed by atoms with E-state index in [-0.39, 0.29) is 23.0 Å². The molecule has 0 radical (unpaired) electrons. The number of amides is 1. The maximum Gasteiger partial charge on any atom is 0.260 e. The van der Waals surface area contributed by atoms with E-state index in [1.54, 1.807) is 16.7 Å². The highest BCUT2D eigenvalue weighted by molar-refractivity contribution is 6.03. The molecule has 0 bridgehead atoms. The number of phenolic OH excluding ortho intramolecular Hbond substituents is 2. The minimum absolute atomic E-state index is 0.0967. The van der Waals surface area contributed by atoms with Crippen LogP contribution < -0.4 is 10.1 Å². The van der Waals surface area contributed by atoms with E-state index in [1.165, 1.54) is 12.1 Å². The number of anilines is 2. The number of rotatable bonds is 5. The van der Waals surface area contributed by atoms with Crippen LogP contribution in [0.4, 0.5) is 11.4 Å². The maximum atomic E-state index is 13.5. The number of aromatic nitrogens is 2. The zero-order valence-corrected chi connectivity index (χ0v) is 19.7. The molecule has 0 fully saturated rings. The molecule has 8 heteroatoms. The zero-order valence-electron chi connectivity index (χ0n) is 19.7. The Balaban J connectivity index is 1.53. The van der Waals surface area contributed by atoms with E-state index in [2.05, 4.69) is 10.4 Å². The van der Waals surface area contributed by atoms with E-state index in [9.17, 15) is 15.0 Å². The fourth-order valence-electron chi connectivity index (χ4n) is 4.57. The van der Waals surface area contributed by atoms with Crippen molar-refractivity contribution in [2.75, 3.05) is 12.4 Å². The molecule has 2 heterocycles. The summed E-state index contributed by atoms with van der Waals surface area (Å²) in [7, 11) is 1.60. The molecule has 4 aromatic rings. The van der Waals surface area contributed by atoms with Gasteiger partial charge in [0.15, 0.2) is 0 Å². The first kappa shape index (κ1) is 22.3. The van der Waals surface area contributed by atoms with Gasteiger partial charge in [0, 0.05) is 25.2 Å². The lowest BCUT2D eigenvalue weighted by molar-refractivity contribution is 0.0749. The van der Waals surface area contributed by atoms with Crippen molar-refractivity contribution in [2.45, 2.75) is 26.9 Å². The number of methoxy groups -OCH3 is 1. The number of nitrogens with zero attached hydrogens (tertiary/aromatic N) is 3. The van der Waals surface area contributed by atoms with Crippen molar-refractivity contribution in [3.63, 3.8) is 0 Å². The van der Waals surface area contributed by atoms with E-state index in [0.717, 1.165) is 22.5 Å². The van der Waals surface area contributed by atoms with Gasteiger partial charge in [-0.1, -0.05) is 36.4 Å². The Kier molecular flexibility index (Phi) is 5.56. The third-order valence-corrected chi connectivity index (χ3v) is 6.31. The number of aryl methyl sites for hydroxylation is 1. The molecule has 3 N–H and O–H groups in total. The van der Waals surface area contributed by atoms with Crippen LogP contribution in [0.3, 0.4) is 0 Å². The predicted molar refractivity (Wildman–Crippen MR) is 133 cm³/mol. The van der Waals surface area contributed by atoms with Crippen molar-refractivity contribution in [2.24, 2.45) is 0 Å². The molecular formula is C27H26N4O4. The summed E-state index contributed by atoms with van der Waals surface area (Å²) < 4.78 is 7.25. The summed E-state index contributed by atoms with van der Waals surface area (Å²) in [5.41, 5.74) is 5.46. The largest absolute Gasteiger partial charge is 0.508 e. The normalized spacial score (nSPS) is 12.5. The Morgan fingerprint density at radius 1 is 1.00 bits per heavy atom. The summed E-state index contributed by atoms with van der Waals surface area (Å²) in [4.78, 5) is 15.2. The van der Waals surface area contributed by atoms with Gasteiger partial charge >= 0.3 is 0 Å².